The SMILES string of the molecule is CC(C)c1nccn1CC1Cc2cc(F)ccc2O1. The number of benzene rings is 1. The van der Waals surface area contributed by atoms with E-state index in [9.17, 15) is 4.39 Å². The smallest absolute Gasteiger partial charge is 0.123 e. The maximum absolute atomic E-state index is 13.2. The highest BCUT2D eigenvalue weighted by Crippen LogP contribution is 2.30. The summed E-state index contributed by atoms with van der Waals surface area (Å²) in [5.41, 5.74) is 0.955. The molecule has 3 rings (SSSR count). The number of aromatic nitrogens is 2. The molecule has 0 radical (unpaired) electrons. The third-order valence-electron chi connectivity index (χ3n) is 3.43. The average molecular weight is 260 g/mol. The van der Waals surface area contributed by atoms with Crippen LogP contribution >= 0.6 is 0 Å². The van der Waals surface area contributed by atoms with Crippen molar-refractivity contribution in [2.45, 2.75) is 38.8 Å². The van der Waals surface area contributed by atoms with Crippen LogP contribution in [-0.4, -0.2) is 15.7 Å². The Labute approximate surface area is 112 Å². The first kappa shape index (κ1) is 12.2. The summed E-state index contributed by atoms with van der Waals surface area (Å²) in [5, 5.41) is 0. The lowest BCUT2D eigenvalue weighted by atomic mass is 10.1. The Hall–Kier alpha value is -1.84. The summed E-state index contributed by atoms with van der Waals surface area (Å²) in [6, 6.07) is 4.71. The number of nitrogens with zero attached hydrogens (tertiary/aromatic N) is 2. The minimum Gasteiger partial charge on any atom is -0.488 e. The highest BCUT2D eigenvalue weighted by molar-refractivity contribution is 5.37. The summed E-state index contributed by atoms with van der Waals surface area (Å²) in [6.45, 7) is 5.00. The summed E-state index contributed by atoms with van der Waals surface area (Å²) < 4.78 is 21.1. The molecule has 3 nitrogen and oxygen atoms in total. The van der Waals surface area contributed by atoms with Gasteiger partial charge in [-0.1, -0.05) is 13.8 Å². The van der Waals surface area contributed by atoms with Crippen LogP contribution < -0.4 is 4.74 Å². The van der Waals surface area contributed by atoms with Crippen molar-refractivity contribution in [2.24, 2.45) is 0 Å². The summed E-state index contributed by atoms with van der Waals surface area (Å²) in [6.07, 6.45) is 4.60. The second kappa shape index (κ2) is 4.68. The van der Waals surface area contributed by atoms with Crippen LogP contribution in [0.25, 0.3) is 0 Å². The summed E-state index contributed by atoms with van der Waals surface area (Å²) >= 11 is 0. The number of rotatable bonds is 3. The molecular weight excluding hydrogens is 243 g/mol. The molecule has 2 aromatic rings. The predicted octanol–water partition coefficient (Wildman–Crippen LogP) is 3.15. The molecule has 4 heteroatoms. The predicted molar refractivity (Wildman–Crippen MR) is 70.8 cm³/mol. The molecule has 0 fully saturated rings. The van der Waals surface area contributed by atoms with Crippen LogP contribution in [0.4, 0.5) is 4.39 Å². The van der Waals surface area contributed by atoms with Crippen LogP contribution in [-0.2, 0) is 13.0 Å². The van der Waals surface area contributed by atoms with E-state index in [4.69, 9.17) is 4.74 Å². The highest BCUT2D eigenvalue weighted by Gasteiger charge is 2.24. The molecule has 19 heavy (non-hydrogen) atoms. The van der Waals surface area contributed by atoms with Crippen LogP contribution in [0.15, 0.2) is 30.6 Å². The van der Waals surface area contributed by atoms with Crippen molar-refractivity contribution in [3.8, 4) is 5.75 Å². The van der Waals surface area contributed by atoms with Gasteiger partial charge in [-0.3, -0.25) is 0 Å². The van der Waals surface area contributed by atoms with Crippen molar-refractivity contribution in [3.05, 3.63) is 47.8 Å². The van der Waals surface area contributed by atoms with Gasteiger partial charge in [0.1, 0.15) is 23.5 Å². The molecule has 100 valence electrons. The highest BCUT2D eigenvalue weighted by atomic mass is 19.1. The summed E-state index contributed by atoms with van der Waals surface area (Å²) in [4.78, 5) is 4.37. The Bertz CT molecular complexity index is 592. The molecule has 0 saturated heterocycles. The van der Waals surface area contributed by atoms with Gasteiger partial charge in [-0.15, -0.1) is 0 Å². The number of ether oxygens (including phenoxy) is 1. The molecule has 0 aliphatic carbocycles. The maximum atomic E-state index is 13.2. The molecule has 0 bridgehead atoms. The van der Waals surface area contributed by atoms with E-state index in [1.807, 2.05) is 12.4 Å². The fourth-order valence-electron chi connectivity index (χ4n) is 2.59. The zero-order valence-electron chi connectivity index (χ0n) is 11.1. The van der Waals surface area contributed by atoms with Gasteiger partial charge in [-0.2, -0.15) is 0 Å². The van der Waals surface area contributed by atoms with Crippen LogP contribution in [0.5, 0.6) is 5.75 Å². The van der Waals surface area contributed by atoms with Crippen molar-refractivity contribution in [1.29, 1.82) is 0 Å². The van der Waals surface area contributed by atoms with Crippen molar-refractivity contribution in [2.75, 3.05) is 0 Å². The van der Waals surface area contributed by atoms with Crippen LogP contribution in [0.3, 0.4) is 0 Å². The largest absolute Gasteiger partial charge is 0.488 e. The zero-order chi connectivity index (χ0) is 13.4. The quantitative estimate of drug-likeness (QED) is 0.847. The standard InChI is InChI=1S/C15H17FN2O/c1-10(2)15-17-5-6-18(15)9-13-8-11-7-12(16)3-4-14(11)19-13/h3-7,10,13H,8-9H2,1-2H3. The molecule has 1 unspecified atom stereocenters. The molecular formula is C15H17FN2O. The fraction of sp³-hybridized carbons (Fsp3) is 0.400. The lowest BCUT2D eigenvalue weighted by Crippen LogP contribution is -2.22. The third-order valence-corrected chi connectivity index (χ3v) is 3.43. The number of hydrogen-bond acceptors (Lipinski definition) is 2. The van der Waals surface area contributed by atoms with Crippen molar-refractivity contribution < 1.29 is 9.13 Å². The lowest BCUT2D eigenvalue weighted by molar-refractivity contribution is 0.207. The average Bonchev–Trinajstić information content (AvgIpc) is 2.95. The van der Waals surface area contributed by atoms with E-state index in [2.05, 4.69) is 23.4 Å². The Morgan fingerprint density at radius 2 is 2.32 bits per heavy atom. The van der Waals surface area contributed by atoms with Gasteiger partial charge in [-0.05, 0) is 18.2 Å². The van der Waals surface area contributed by atoms with Gasteiger partial charge in [-0.25, -0.2) is 9.37 Å². The number of fused-ring (bicyclic) bond motifs is 1. The lowest BCUT2D eigenvalue weighted by Gasteiger charge is -2.15. The molecule has 1 atom stereocenters. The maximum Gasteiger partial charge on any atom is 0.123 e. The van der Waals surface area contributed by atoms with Crippen molar-refractivity contribution in [1.82, 2.24) is 9.55 Å². The molecule has 1 aromatic carbocycles. The van der Waals surface area contributed by atoms with Gasteiger partial charge in [0.25, 0.3) is 0 Å². The van der Waals surface area contributed by atoms with E-state index >= 15 is 0 Å². The topological polar surface area (TPSA) is 27.1 Å². The molecule has 0 amide bonds. The Morgan fingerprint density at radius 3 is 3.11 bits per heavy atom. The molecule has 1 aliphatic heterocycles. The monoisotopic (exact) mass is 260 g/mol. The van der Waals surface area contributed by atoms with E-state index in [-0.39, 0.29) is 11.9 Å². The van der Waals surface area contributed by atoms with Crippen LogP contribution in [0, 0.1) is 5.82 Å². The van der Waals surface area contributed by atoms with Crippen molar-refractivity contribution in [3.63, 3.8) is 0 Å². The normalized spacial score (nSPS) is 17.6. The second-order valence-electron chi connectivity index (χ2n) is 5.29. The number of imidazole rings is 1. The first-order valence-electron chi connectivity index (χ1n) is 6.59. The molecule has 1 aliphatic rings. The fourth-order valence-corrected chi connectivity index (χ4v) is 2.59. The Balaban J connectivity index is 1.75. The molecule has 0 spiro atoms. The summed E-state index contributed by atoms with van der Waals surface area (Å²) in [7, 11) is 0. The molecule has 0 saturated carbocycles. The van der Waals surface area contributed by atoms with Gasteiger partial charge in [0, 0.05) is 30.3 Å². The number of hydrogen-bond donors (Lipinski definition) is 0. The van der Waals surface area contributed by atoms with E-state index in [1.54, 1.807) is 12.1 Å². The molecule has 2 heterocycles. The first-order valence-corrected chi connectivity index (χ1v) is 6.59. The second-order valence-corrected chi connectivity index (χ2v) is 5.29. The van der Waals surface area contributed by atoms with Crippen LogP contribution in [0.1, 0.15) is 31.2 Å². The Morgan fingerprint density at radius 1 is 1.47 bits per heavy atom. The van der Waals surface area contributed by atoms with Crippen molar-refractivity contribution >= 4 is 0 Å². The number of halogens is 1. The van der Waals surface area contributed by atoms with Gasteiger partial charge >= 0.3 is 0 Å². The minimum absolute atomic E-state index is 0.0588. The van der Waals surface area contributed by atoms with Gasteiger partial charge < -0.3 is 9.30 Å². The molecule has 0 N–H and O–H groups in total. The minimum atomic E-state index is -0.200. The van der Waals surface area contributed by atoms with E-state index in [1.165, 1.54) is 6.07 Å². The molecule has 1 aromatic heterocycles. The first-order chi connectivity index (χ1) is 9.13. The van der Waals surface area contributed by atoms with E-state index < -0.39 is 0 Å². The van der Waals surface area contributed by atoms with Gasteiger partial charge in [0.15, 0.2) is 0 Å². The van der Waals surface area contributed by atoms with Crippen LogP contribution in [0.2, 0.25) is 0 Å². The van der Waals surface area contributed by atoms with E-state index in [0.717, 1.165) is 30.1 Å². The van der Waals surface area contributed by atoms with Gasteiger partial charge in [0.05, 0.1) is 6.54 Å². The third kappa shape index (κ3) is 2.35. The van der Waals surface area contributed by atoms with Gasteiger partial charge in [0.2, 0.25) is 0 Å². The zero-order valence-corrected chi connectivity index (χ0v) is 11.1. The summed E-state index contributed by atoms with van der Waals surface area (Å²) in [5.74, 6) is 2.05. The Kier molecular flexibility index (Phi) is 3.01. The van der Waals surface area contributed by atoms with E-state index in [0.29, 0.717) is 5.92 Å².